The van der Waals surface area contributed by atoms with Crippen molar-refractivity contribution in [2.75, 3.05) is 49.1 Å². The first-order valence-electron chi connectivity index (χ1n) is 9.97. The third kappa shape index (κ3) is 4.33. The molecule has 2 aliphatic heterocycles. The summed E-state index contributed by atoms with van der Waals surface area (Å²) in [5.41, 5.74) is 2.19. The van der Waals surface area contributed by atoms with E-state index in [-0.39, 0.29) is 18.5 Å². The summed E-state index contributed by atoms with van der Waals surface area (Å²) >= 11 is 1.32. The van der Waals surface area contributed by atoms with E-state index < -0.39 is 0 Å². The molecule has 2 saturated heterocycles. The molecule has 3 heterocycles. The quantitative estimate of drug-likeness (QED) is 0.719. The van der Waals surface area contributed by atoms with Gasteiger partial charge in [-0.15, -0.1) is 0 Å². The van der Waals surface area contributed by atoms with Crippen molar-refractivity contribution in [3.63, 3.8) is 0 Å². The lowest BCUT2D eigenvalue weighted by Gasteiger charge is -2.29. The second-order valence-corrected chi connectivity index (χ2v) is 8.30. The number of amides is 1. The molecule has 152 valence electrons. The van der Waals surface area contributed by atoms with E-state index in [1.54, 1.807) is 0 Å². The third-order valence-corrected chi connectivity index (χ3v) is 6.18. The van der Waals surface area contributed by atoms with Gasteiger partial charge >= 0.3 is 0 Å². The predicted molar refractivity (Wildman–Crippen MR) is 114 cm³/mol. The number of benzene rings is 1. The number of carbonyl (C=O) groups excluding carboxylic acids is 1. The normalized spacial score (nSPS) is 21.8. The van der Waals surface area contributed by atoms with Gasteiger partial charge < -0.3 is 20.4 Å². The van der Waals surface area contributed by atoms with Gasteiger partial charge in [0.2, 0.25) is 11.0 Å². The minimum atomic E-state index is -0.297. The van der Waals surface area contributed by atoms with Crippen molar-refractivity contribution in [2.45, 2.75) is 19.4 Å². The highest BCUT2D eigenvalue weighted by Gasteiger charge is 2.36. The van der Waals surface area contributed by atoms with E-state index in [1.165, 1.54) is 17.2 Å². The molecule has 1 amide bonds. The van der Waals surface area contributed by atoms with Crippen LogP contribution in [0.15, 0.2) is 24.3 Å². The average Bonchev–Trinajstić information content (AvgIpc) is 3.39. The number of hydrogen-bond acceptors (Lipinski definition) is 8. The molecule has 0 unspecified atom stereocenters. The molecule has 2 aliphatic rings. The van der Waals surface area contributed by atoms with Crippen molar-refractivity contribution in [1.82, 2.24) is 20.0 Å². The molecule has 1 aromatic carbocycles. The molecule has 0 radical (unpaired) electrons. The van der Waals surface area contributed by atoms with Crippen LogP contribution in [0.2, 0.25) is 0 Å². The Morgan fingerprint density at radius 2 is 2.10 bits per heavy atom. The number of carbonyl (C=O) groups is 1. The second kappa shape index (κ2) is 8.76. The largest absolute Gasteiger partial charge is 0.369 e. The summed E-state index contributed by atoms with van der Waals surface area (Å²) in [4.78, 5) is 21.6. The van der Waals surface area contributed by atoms with Gasteiger partial charge in [-0.05, 0) is 36.6 Å². The molecule has 2 N–H and O–H groups in total. The first-order valence-corrected chi connectivity index (χ1v) is 10.7. The van der Waals surface area contributed by atoms with E-state index in [0.717, 1.165) is 49.8 Å². The van der Waals surface area contributed by atoms with E-state index >= 15 is 0 Å². The molecule has 8 nitrogen and oxygen atoms in total. The average molecular weight is 412 g/mol. The van der Waals surface area contributed by atoms with Crippen molar-refractivity contribution in [1.29, 1.82) is 5.26 Å². The fourth-order valence-electron chi connectivity index (χ4n) is 3.94. The highest BCUT2D eigenvalue weighted by Crippen LogP contribution is 2.32. The maximum atomic E-state index is 12.4. The zero-order valence-corrected chi connectivity index (χ0v) is 17.3. The van der Waals surface area contributed by atoms with Crippen LogP contribution >= 0.6 is 11.5 Å². The summed E-state index contributed by atoms with van der Waals surface area (Å²) < 4.78 is 4.54. The number of piperazine rings is 1. The van der Waals surface area contributed by atoms with Crippen LogP contribution in [-0.4, -0.2) is 60.6 Å². The summed E-state index contributed by atoms with van der Waals surface area (Å²) in [6.45, 7) is 6.97. The van der Waals surface area contributed by atoms with Gasteiger partial charge in [0, 0.05) is 55.5 Å². The zero-order chi connectivity index (χ0) is 20.2. The molecular weight excluding hydrogens is 386 g/mol. The van der Waals surface area contributed by atoms with Crippen molar-refractivity contribution in [3.05, 3.63) is 24.3 Å². The lowest BCUT2D eigenvalue weighted by molar-refractivity contribution is -0.122. The Kier molecular flexibility index (Phi) is 5.92. The topological polar surface area (TPSA) is 97.2 Å². The smallest absolute Gasteiger partial charge is 0.243 e. The monoisotopic (exact) mass is 411 g/mol. The van der Waals surface area contributed by atoms with Crippen LogP contribution in [0.25, 0.3) is 11.4 Å². The zero-order valence-electron chi connectivity index (χ0n) is 16.5. The van der Waals surface area contributed by atoms with Crippen molar-refractivity contribution < 1.29 is 4.79 Å². The van der Waals surface area contributed by atoms with Crippen molar-refractivity contribution in [3.8, 4) is 17.5 Å². The summed E-state index contributed by atoms with van der Waals surface area (Å²) in [6.07, 6.45) is 0.756. The Labute approximate surface area is 174 Å². The number of aromatic nitrogens is 2. The molecule has 29 heavy (non-hydrogen) atoms. The third-order valence-electron chi connectivity index (χ3n) is 5.42. The van der Waals surface area contributed by atoms with Crippen LogP contribution in [0.4, 0.5) is 10.8 Å². The number of nitriles is 1. The summed E-state index contributed by atoms with van der Waals surface area (Å²) in [5, 5.41) is 15.5. The Bertz CT molecular complexity index is 885. The Morgan fingerprint density at radius 1 is 1.34 bits per heavy atom. The van der Waals surface area contributed by atoms with Crippen molar-refractivity contribution in [2.24, 2.45) is 5.92 Å². The number of anilines is 2. The van der Waals surface area contributed by atoms with E-state index in [4.69, 9.17) is 10.2 Å². The number of nitrogens with zero attached hydrogens (tertiary/aromatic N) is 5. The van der Waals surface area contributed by atoms with Gasteiger partial charge in [-0.25, -0.2) is 0 Å². The van der Waals surface area contributed by atoms with Crippen LogP contribution in [0.5, 0.6) is 0 Å². The van der Waals surface area contributed by atoms with Crippen LogP contribution < -0.4 is 20.4 Å². The lowest BCUT2D eigenvalue weighted by Crippen LogP contribution is -2.43. The van der Waals surface area contributed by atoms with Crippen LogP contribution in [0, 0.1) is 17.2 Å². The molecule has 0 spiro atoms. The number of nitrogens with one attached hydrogen (secondary N) is 2. The molecular formula is C20H25N7OS. The second-order valence-electron chi connectivity index (χ2n) is 7.57. The minimum absolute atomic E-state index is 0.0261. The van der Waals surface area contributed by atoms with E-state index in [2.05, 4.69) is 51.1 Å². The van der Waals surface area contributed by atoms with E-state index in [0.29, 0.717) is 11.7 Å². The molecule has 2 aromatic rings. The molecule has 2 fully saturated rings. The summed E-state index contributed by atoms with van der Waals surface area (Å²) in [7, 11) is 0. The van der Waals surface area contributed by atoms with E-state index in [1.807, 2.05) is 11.0 Å². The minimum Gasteiger partial charge on any atom is -0.369 e. The van der Waals surface area contributed by atoms with Gasteiger partial charge in [-0.3, -0.25) is 4.79 Å². The molecule has 1 aromatic heterocycles. The predicted octanol–water partition coefficient (Wildman–Crippen LogP) is 1.47. The molecule has 0 bridgehead atoms. The molecule has 2 atom stereocenters. The first kappa shape index (κ1) is 19.6. The highest BCUT2D eigenvalue weighted by molar-refractivity contribution is 7.09. The number of hydrogen-bond donors (Lipinski definition) is 2. The standard InChI is InChI=1S/C20H25N7OS/c1-14-12-17(19(28)23-7-6-21)27(13-14)20-24-18(25-29-20)15-2-4-16(5-3-15)26-10-8-22-9-11-26/h2-5,14,17,22H,7-13H2,1H3,(H,23,28)/t14-,17-/m0/s1. The molecule has 0 saturated carbocycles. The van der Waals surface area contributed by atoms with Gasteiger partial charge in [0.05, 0.1) is 6.07 Å². The fourth-order valence-corrected chi connectivity index (χ4v) is 4.69. The first-order chi connectivity index (χ1) is 14.2. The lowest BCUT2D eigenvalue weighted by atomic mass is 10.1. The van der Waals surface area contributed by atoms with Gasteiger partial charge in [0.15, 0.2) is 5.82 Å². The van der Waals surface area contributed by atoms with Crippen LogP contribution in [0.3, 0.4) is 0 Å². The van der Waals surface area contributed by atoms with Crippen LogP contribution in [0.1, 0.15) is 13.3 Å². The van der Waals surface area contributed by atoms with Gasteiger partial charge in [-0.1, -0.05) is 6.92 Å². The molecule has 0 aliphatic carbocycles. The van der Waals surface area contributed by atoms with Gasteiger partial charge in [-0.2, -0.15) is 14.6 Å². The summed E-state index contributed by atoms with van der Waals surface area (Å²) in [5.74, 6) is 0.958. The Balaban J connectivity index is 1.48. The van der Waals surface area contributed by atoms with Crippen molar-refractivity contribution >= 4 is 28.3 Å². The Hall–Kier alpha value is -2.70. The van der Waals surface area contributed by atoms with Gasteiger partial charge in [0.25, 0.3) is 0 Å². The molecule has 4 rings (SSSR count). The van der Waals surface area contributed by atoms with Crippen LogP contribution in [-0.2, 0) is 4.79 Å². The Morgan fingerprint density at radius 3 is 2.83 bits per heavy atom. The fraction of sp³-hybridized carbons (Fsp3) is 0.500. The maximum absolute atomic E-state index is 12.4. The highest BCUT2D eigenvalue weighted by atomic mass is 32.1. The SMILES string of the molecule is C[C@H]1C[C@@H](C(=O)NCC#N)N(c2nc(-c3ccc(N4CCNCC4)cc3)ns2)C1. The summed E-state index contributed by atoms with van der Waals surface area (Å²) in [6, 6.07) is 10.0. The maximum Gasteiger partial charge on any atom is 0.243 e. The number of rotatable bonds is 5. The molecule has 9 heteroatoms. The van der Waals surface area contributed by atoms with Gasteiger partial charge in [0.1, 0.15) is 12.6 Å². The van der Waals surface area contributed by atoms with E-state index in [9.17, 15) is 4.79 Å².